The second-order valence-corrected chi connectivity index (χ2v) is 8.25. The maximum Gasteiger partial charge on any atom is 0.338 e. The lowest BCUT2D eigenvalue weighted by atomic mass is 10.2. The van der Waals surface area contributed by atoms with Crippen molar-refractivity contribution in [3.05, 3.63) is 64.9 Å². The molecule has 0 spiro atoms. The highest BCUT2D eigenvalue weighted by atomic mass is 35.5. The lowest BCUT2D eigenvalue weighted by Gasteiger charge is -2.07. The summed E-state index contributed by atoms with van der Waals surface area (Å²) in [4.78, 5) is 11.7. The smallest absolute Gasteiger partial charge is 0.338 e. The van der Waals surface area contributed by atoms with Gasteiger partial charge in [-0.3, -0.25) is 9.25 Å². The van der Waals surface area contributed by atoms with E-state index >= 15 is 4.39 Å². The number of carbonyl (C=O) groups is 1. The van der Waals surface area contributed by atoms with Crippen molar-refractivity contribution in [2.45, 2.75) is 29.7 Å². The first kappa shape index (κ1) is 21.2. The summed E-state index contributed by atoms with van der Waals surface area (Å²) in [5, 5.41) is 13.8. The number of nitrogens with zero attached hydrogens (tertiary/aromatic N) is 3. The number of aromatic nitrogens is 3. The van der Waals surface area contributed by atoms with E-state index in [1.165, 1.54) is 28.8 Å². The van der Waals surface area contributed by atoms with E-state index in [9.17, 15) is 14.3 Å². The number of hydrogen-bond acceptors (Lipinski definition) is 4. The topological polar surface area (TPSA) is 86.1 Å². The fourth-order valence-electron chi connectivity index (χ4n) is 3.36. The van der Waals surface area contributed by atoms with E-state index in [4.69, 9.17) is 17.3 Å². The fraction of sp³-hybridized carbons (Fsp3) is 0.143. The van der Waals surface area contributed by atoms with Crippen LogP contribution in [0.15, 0.2) is 52.5 Å². The summed E-state index contributed by atoms with van der Waals surface area (Å²) >= 11 is 6.95. The van der Waals surface area contributed by atoms with Crippen LogP contribution in [0.2, 0.25) is 5.02 Å². The molecule has 0 saturated carbocycles. The molecule has 0 bridgehead atoms. The second kappa shape index (κ2) is 8.24. The zero-order valence-corrected chi connectivity index (χ0v) is 17.8. The van der Waals surface area contributed by atoms with E-state index in [0.29, 0.717) is 22.5 Å². The summed E-state index contributed by atoms with van der Waals surface area (Å²) in [5.41, 5.74) is 6.62. The Labute approximate surface area is 185 Å². The van der Waals surface area contributed by atoms with Crippen molar-refractivity contribution < 1.29 is 18.7 Å². The van der Waals surface area contributed by atoms with Gasteiger partial charge in [0.05, 0.1) is 32.9 Å². The number of fused-ring (bicyclic) bond motifs is 1. The average Bonchev–Trinajstić information content (AvgIpc) is 3.29. The highest BCUT2D eigenvalue weighted by Crippen LogP contribution is 2.44. The Kier molecular flexibility index (Phi) is 5.63. The van der Waals surface area contributed by atoms with Crippen molar-refractivity contribution in [2.24, 2.45) is 0 Å². The average molecular weight is 463 g/mol. The second-order valence-electron chi connectivity index (χ2n) is 6.79. The molecule has 10 heteroatoms. The molecule has 0 saturated heterocycles. The Morgan fingerprint density at radius 3 is 2.74 bits per heavy atom. The van der Waals surface area contributed by atoms with Crippen molar-refractivity contribution in [3.8, 4) is 5.69 Å². The summed E-state index contributed by atoms with van der Waals surface area (Å²) in [7, 11) is 0. The van der Waals surface area contributed by atoms with Crippen molar-refractivity contribution in [2.75, 3.05) is 5.73 Å². The quantitative estimate of drug-likeness (QED) is 0.389. The molecule has 3 N–H and O–H groups in total. The summed E-state index contributed by atoms with van der Waals surface area (Å²) in [6, 6.07) is 7.07. The fourth-order valence-corrected chi connectivity index (χ4v) is 4.55. The summed E-state index contributed by atoms with van der Waals surface area (Å²) in [6.45, 7) is 2.69. The molecule has 160 valence electrons. The molecule has 0 atom stereocenters. The molecular formula is C21H17ClF2N4O2S. The number of hydrogen-bond donors (Lipinski definition) is 2. The molecule has 2 aromatic carbocycles. The van der Waals surface area contributed by atoms with Crippen LogP contribution in [0.5, 0.6) is 0 Å². The van der Waals surface area contributed by atoms with Gasteiger partial charge in [-0.25, -0.2) is 13.6 Å². The van der Waals surface area contributed by atoms with Gasteiger partial charge < -0.3 is 10.8 Å². The molecule has 31 heavy (non-hydrogen) atoms. The molecule has 0 aliphatic carbocycles. The van der Waals surface area contributed by atoms with E-state index in [0.717, 1.165) is 18.2 Å². The predicted molar refractivity (Wildman–Crippen MR) is 116 cm³/mol. The number of rotatable bonds is 6. The van der Waals surface area contributed by atoms with Gasteiger partial charge in [0.2, 0.25) is 0 Å². The van der Waals surface area contributed by atoms with Crippen LogP contribution in [0.25, 0.3) is 16.6 Å². The Hall–Kier alpha value is -3.04. The molecule has 4 aromatic rings. The van der Waals surface area contributed by atoms with Gasteiger partial charge in [0, 0.05) is 23.0 Å². The van der Waals surface area contributed by atoms with Crippen molar-refractivity contribution in [1.29, 1.82) is 0 Å². The van der Waals surface area contributed by atoms with E-state index in [1.807, 2.05) is 6.92 Å². The van der Waals surface area contributed by atoms with Gasteiger partial charge in [-0.15, -0.1) is 0 Å². The minimum absolute atomic E-state index is 0.0580. The van der Waals surface area contributed by atoms with Crippen LogP contribution in [-0.4, -0.2) is 25.4 Å². The lowest BCUT2D eigenvalue weighted by molar-refractivity contribution is 0.0691. The third-order valence-corrected chi connectivity index (χ3v) is 6.21. The number of benzene rings is 2. The van der Waals surface area contributed by atoms with E-state index in [-0.39, 0.29) is 21.3 Å². The molecule has 4 rings (SSSR count). The standard InChI is InChI=1S/C21H17ClF2N4O2S/c1-2-8-27-10-11(9-26-27)28-18-13(6-7-14(22)17(18)24)19(20(28)25)31-15-5-3-4-12(16(15)23)21(29)30/h3-7,9-10H,2,8,25H2,1H3,(H,29,30). The number of anilines is 1. The number of nitrogen functional groups attached to an aromatic ring is 1. The third kappa shape index (κ3) is 3.64. The van der Waals surface area contributed by atoms with Crippen LogP contribution in [0.3, 0.4) is 0 Å². The SMILES string of the molecule is CCCn1cc(-n2c(N)c(Sc3cccc(C(=O)O)c3F)c3ccc(Cl)c(F)c32)cn1. The van der Waals surface area contributed by atoms with Gasteiger partial charge in [0.25, 0.3) is 0 Å². The maximum atomic E-state index is 15.1. The van der Waals surface area contributed by atoms with Crippen LogP contribution >= 0.6 is 23.4 Å². The van der Waals surface area contributed by atoms with Crippen LogP contribution in [0.4, 0.5) is 14.6 Å². The number of carboxylic acids is 1. The lowest BCUT2D eigenvalue weighted by Crippen LogP contribution is -2.02. The molecule has 0 fully saturated rings. The van der Waals surface area contributed by atoms with E-state index in [2.05, 4.69) is 5.10 Å². The molecule has 0 unspecified atom stereocenters. The summed E-state index contributed by atoms with van der Waals surface area (Å²) in [6.07, 6.45) is 4.16. The Morgan fingerprint density at radius 1 is 1.26 bits per heavy atom. The van der Waals surface area contributed by atoms with Crippen LogP contribution < -0.4 is 5.73 Å². The number of carboxylic acid groups (broad SMARTS) is 1. The minimum Gasteiger partial charge on any atom is -0.478 e. The zero-order chi connectivity index (χ0) is 22.3. The van der Waals surface area contributed by atoms with Crippen LogP contribution in [0.1, 0.15) is 23.7 Å². The van der Waals surface area contributed by atoms with E-state index in [1.54, 1.807) is 23.1 Å². The van der Waals surface area contributed by atoms with Crippen molar-refractivity contribution >= 4 is 46.1 Å². The first-order valence-electron chi connectivity index (χ1n) is 9.33. The molecule has 0 aliphatic rings. The minimum atomic E-state index is -1.38. The van der Waals surface area contributed by atoms with E-state index < -0.39 is 23.2 Å². The maximum absolute atomic E-state index is 15.1. The number of halogens is 3. The first-order valence-corrected chi connectivity index (χ1v) is 10.5. The molecule has 6 nitrogen and oxygen atoms in total. The van der Waals surface area contributed by atoms with Gasteiger partial charge >= 0.3 is 5.97 Å². The molecule has 0 amide bonds. The Morgan fingerprint density at radius 2 is 2.03 bits per heavy atom. The van der Waals surface area contributed by atoms with Gasteiger partial charge in [0.1, 0.15) is 5.82 Å². The van der Waals surface area contributed by atoms with Gasteiger partial charge in [0.15, 0.2) is 11.6 Å². The number of nitrogens with two attached hydrogens (primary N) is 1. The number of aromatic carboxylic acids is 1. The largest absolute Gasteiger partial charge is 0.478 e. The zero-order valence-electron chi connectivity index (χ0n) is 16.3. The molecule has 0 radical (unpaired) electrons. The Balaban J connectivity index is 1.93. The summed E-state index contributed by atoms with van der Waals surface area (Å²) < 4.78 is 33.0. The molecular weight excluding hydrogens is 446 g/mol. The number of aryl methyl sites for hydroxylation is 1. The summed E-state index contributed by atoms with van der Waals surface area (Å²) in [5.74, 6) is -2.76. The van der Waals surface area contributed by atoms with Gasteiger partial charge in [-0.05, 0) is 30.7 Å². The monoisotopic (exact) mass is 462 g/mol. The molecule has 0 aliphatic heterocycles. The molecule has 2 heterocycles. The predicted octanol–water partition coefficient (Wildman–Crippen LogP) is 5.60. The highest BCUT2D eigenvalue weighted by molar-refractivity contribution is 7.99. The molecule has 2 aromatic heterocycles. The van der Waals surface area contributed by atoms with Crippen molar-refractivity contribution in [3.63, 3.8) is 0 Å². The van der Waals surface area contributed by atoms with Crippen LogP contribution in [-0.2, 0) is 6.54 Å². The highest BCUT2D eigenvalue weighted by Gasteiger charge is 2.24. The Bertz CT molecular complexity index is 1320. The third-order valence-electron chi connectivity index (χ3n) is 4.75. The van der Waals surface area contributed by atoms with Gasteiger partial charge in [-0.2, -0.15) is 5.10 Å². The normalized spacial score (nSPS) is 11.4. The van der Waals surface area contributed by atoms with Gasteiger partial charge in [-0.1, -0.05) is 36.4 Å². The van der Waals surface area contributed by atoms with Crippen LogP contribution in [0, 0.1) is 11.6 Å². The van der Waals surface area contributed by atoms with Crippen molar-refractivity contribution in [1.82, 2.24) is 14.3 Å². The first-order chi connectivity index (χ1) is 14.8.